The smallest absolute Gasteiger partial charge is 0.160 e. The van der Waals surface area contributed by atoms with Gasteiger partial charge in [-0.1, -0.05) is 6.07 Å². The predicted octanol–water partition coefficient (Wildman–Crippen LogP) is 1.57. The summed E-state index contributed by atoms with van der Waals surface area (Å²) in [5.74, 6) is 1.62. The van der Waals surface area contributed by atoms with Crippen molar-refractivity contribution in [2.45, 2.75) is 12.8 Å². The van der Waals surface area contributed by atoms with Gasteiger partial charge in [0.25, 0.3) is 0 Å². The van der Waals surface area contributed by atoms with Crippen LogP contribution in [0.4, 0.5) is 0 Å². The van der Waals surface area contributed by atoms with Crippen molar-refractivity contribution in [3.63, 3.8) is 0 Å². The second kappa shape index (κ2) is 5.24. The topological polar surface area (TPSA) is 68.3 Å². The molecular weight excluding hydrogens is 192 g/mol. The van der Waals surface area contributed by atoms with E-state index >= 15 is 0 Å². The Morgan fingerprint density at radius 1 is 1.27 bits per heavy atom. The molecule has 0 amide bonds. The van der Waals surface area contributed by atoms with E-state index in [1.54, 1.807) is 14.2 Å². The van der Waals surface area contributed by atoms with Gasteiger partial charge in [-0.25, -0.2) is 0 Å². The first-order chi connectivity index (χ1) is 7.17. The van der Waals surface area contributed by atoms with Gasteiger partial charge in [0.2, 0.25) is 0 Å². The summed E-state index contributed by atoms with van der Waals surface area (Å²) in [5, 5.41) is 7.14. The minimum atomic E-state index is 0.199. The van der Waals surface area contributed by atoms with Crippen LogP contribution in [0.15, 0.2) is 18.2 Å². The largest absolute Gasteiger partial charge is 0.493 e. The van der Waals surface area contributed by atoms with Gasteiger partial charge >= 0.3 is 0 Å². The first-order valence-corrected chi connectivity index (χ1v) is 4.71. The van der Waals surface area contributed by atoms with Gasteiger partial charge < -0.3 is 15.2 Å². The van der Waals surface area contributed by atoms with E-state index in [4.69, 9.17) is 20.6 Å². The first-order valence-electron chi connectivity index (χ1n) is 4.71. The molecule has 0 bridgehead atoms. The van der Waals surface area contributed by atoms with Crippen LogP contribution in [0.5, 0.6) is 11.5 Å². The molecule has 0 aromatic heterocycles. The van der Waals surface area contributed by atoms with Crippen molar-refractivity contribution in [3.8, 4) is 11.5 Å². The van der Waals surface area contributed by atoms with E-state index in [1.807, 2.05) is 18.2 Å². The molecule has 4 heteroatoms. The fourth-order valence-corrected chi connectivity index (χ4v) is 1.32. The summed E-state index contributed by atoms with van der Waals surface area (Å²) < 4.78 is 10.3. The fourth-order valence-electron chi connectivity index (χ4n) is 1.32. The van der Waals surface area contributed by atoms with E-state index < -0.39 is 0 Å². The summed E-state index contributed by atoms with van der Waals surface area (Å²) in [6, 6.07) is 5.71. The van der Waals surface area contributed by atoms with E-state index in [2.05, 4.69) is 0 Å². The molecular formula is C11H16N2O2. The number of nitrogens with one attached hydrogen (secondary N) is 1. The lowest BCUT2D eigenvalue weighted by molar-refractivity contribution is 0.354. The highest BCUT2D eigenvalue weighted by atomic mass is 16.5. The van der Waals surface area contributed by atoms with Crippen molar-refractivity contribution in [1.29, 1.82) is 5.41 Å². The van der Waals surface area contributed by atoms with Crippen molar-refractivity contribution < 1.29 is 9.47 Å². The number of amidine groups is 1. The van der Waals surface area contributed by atoms with Gasteiger partial charge in [0.15, 0.2) is 11.5 Å². The minimum absolute atomic E-state index is 0.199. The highest BCUT2D eigenvalue weighted by Gasteiger charge is 2.04. The number of rotatable bonds is 5. The minimum Gasteiger partial charge on any atom is -0.493 e. The zero-order valence-corrected chi connectivity index (χ0v) is 9.04. The first kappa shape index (κ1) is 11.4. The van der Waals surface area contributed by atoms with E-state index in [0.717, 1.165) is 12.0 Å². The molecule has 0 spiro atoms. The summed E-state index contributed by atoms with van der Waals surface area (Å²) in [6.07, 6.45) is 1.31. The molecule has 0 saturated heterocycles. The Labute approximate surface area is 89.5 Å². The van der Waals surface area contributed by atoms with Crippen LogP contribution in [-0.4, -0.2) is 20.1 Å². The second-order valence-corrected chi connectivity index (χ2v) is 3.21. The van der Waals surface area contributed by atoms with Crippen molar-refractivity contribution in [3.05, 3.63) is 23.8 Å². The van der Waals surface area contributed by atoms with Crippen molar-refractivity contribution in [1.82, 2.24) is 0 Å². The summed E-state index contributed by atoms with van der Waals surface area (Å²) in [5.41, 5.74) is 6.38. The quantitative estimate of drug-likeness (QED) is 0.570. The maximum Gasteiger partial charge on any atom is 0.160 e. The standard InChI is InChI=1S/C11H16N2O2/c1-14-9-5-3-8(4-6-11(12)13)7-10(9)15-2/h3,5,7H,4,6H2,1-2H3,(H3,12,13). The van der Waals surface area contributed by atoms with Crippen molar-refractivity contribution >= 4 is 5.84 Å². The van der Waals surface area contributed by atoms with Crippen LogP contribution in [0.25, 0.3) is 0 Å². The predicted molar refractivity (Wildman–Crippen MR) is 59.8 cm³/mol. The van der Waals surface area contributed by atoms with Crippen LogP contribution >= 0.6 is 0 Å². The average Bonchev–Trinajstić information content (AvgIpc) is 2.25. The third-order valence-electron chi connectivity index (χ3n) is 2.13. The maximum atomic E-state index is 7.14. The Bertz CT molecular complexity index is 350. The van der Waals surface area contributed by atoms with Crippen molar-refractivity contribution in [2.75, 3.05) is 14.2 Å². The summed E-state index contributed by atoms with van der Waals surface area (Å²) in [6.45, 7) is 0. The number of benzene rings is 1. The molecule has 0 radical (unpaired) electrons. The molecule has 0 aliphatic rings. The van der Waals surface area contributed by atoms with E-state index in [9.17, 15) is 0 Å². The van der Waals surface area contributed by atoms with Gasteiger partial charge in [0, 0.05) is 6.42 Å². The number of hydrogen-bond acceptors (Lipinski definition) is 3. The third-order valence-corrected chi connectivity index (χ3v) is 2.13. The molecule has 1 rings (SSSR count). The van der Waals surface area contributed by atoms with Gasteiger partial charge in [-0.3, -0.25) is 5.41 Å². The number of hydrogen-bond donors (Lipinski definition) is 2. The Morgan fingerprint density at radius 3 is 2.47 bits per heavy atom. The molecule has 0 aliphatic heterocycles. The average molecular weight is 208 g/mol. The molecule has 0 aliphatic carbocycles. The molecule has 0 fully saturated rings. The number of methoxy groups -OCH3 is 2. The van der Waals surface area contributed by atoms with E-state index in [0.29, 0.717) is 17.9 Å². The molecule has 15 heavy (non-hydrogen) atoms. The molecule has 1 aromatic carbocycles. The molecule has 4 nitrogen and oxygen atoms in total. The maximum absolute atomic E-state index is 7.14. The van der Waals surface area contributed by atoms with Gasteiger partial charge in [0.1, 0.15) is 0 Å². The summed E-state index contributed by atoms with van der Waals surface area (Å²) in [4.78, 5) is 0. The SMILES string of the molecule is COc1ccc(CCC(=N)N)cc1OC. The van der Waals surface area contributed by atoms with Gasteiger partial charge in [-0.05, 0) is 24.1 Å². The molecule has 0 atom stereocenters. The van der Waals surface area contributed by atoms with Gasteiger partial charge in [-0.2, -0.15) is 0 Å². The lowest BCUT2D eigenvalue weighted by Crippen LogP contribution is -2.10. The zero-order valence-electron chi connectivity index (χ0n) is 9.04. The van der Waals surface area contributed by atoms with E-state index in [-0.39, 0.29) is 5.84 Å². The monoisotopic (exact) mass is 208 g/mol. The van der Waals surface area contributed by atoms with Crippen molar-refractivity contribution in [2.24, 2.45) is 5.73 Å². The number of ether oxygens (including phenoxy) is 2. The summed E-state index contributed by atoms with van der Waals surface area (Å²) in [7, 11) is 3.21. The molecule has 0 heterocycles. The molecule has 82 valence electrons. The zero-order chi connectivity index (χ0) is 11.3. The van der Waals surface area contributed by atoms with Crippen LogP contribution in [0.1, 0.15) is 12.0 Å². The number of nitrogens with two attached hydrogens (primary N) is 1. The Hall–Kier alpha value is -1.71. The van der Waals surface area contributed by atoms with Gasteiger partial charge in [-0.15, -0.1) is 0 Å². The van der Waals surface area contributed by atoms with Crippen LogP contribution in [-0.2, 0) is 6.42 Å². The molecule has 0 unspecified atom stereocenters. The Kier molecular flexibility index (Phi) is 3.97. The van der Waals surface area contributed by atoms with Crippen LogP contribution < -0.4 is 15.2 Å². The number of aryl methyl sites for hydroxylation is 1. The molecule has 0 saturated carbocycles. The van der Waals surface area contributed by atoms with E-state index in [1.165, 1.54) is 0 Å². The highest BCUT2D eigenvalue weighted by Crippen LogP contribution is 2.27. The molecule has 1 aromatic rings. The normalized spacial score (nSPS) is 9.73. The molecule has 3 N–H and O–H groups in total. The van der Waals surface area contributed by atoms with Crippen LogP contribution in [0.3, 0.4) is 0 Å². The lowest BCUT2D eigenvalue weighted by Gasteiger charge is -2.09. The highest BCUT2D eigenvalue weighted by molar-refractivity contribution is 5.77. The Balaban J connectivity index is 2.78. The van der Waals surface area contributed by atoms with Crippen LogP contribution in [0.2, 0.25) is 0 Å². The van der Waals surface area contributed by atoms with Gasteiger partial charge in [0.05, 0.1) is 20.1 Å². The lowest BCUT2D eigenvalue weighted by atomic mass is 10.1. The second-order valence-electron chi connectivity index (χ2n) is 3.21. The fraction of sp³-hybridized carbons (Fsp3) is 0.364. The Morgan fingerprint density at radius 2 is 1.93 bits per heavy atom. The summed E-state index contributed by atoms with van der Waals surface area (Å²) >= 11 is 0. The van der Waals surface area contributed by atoms with Crippen LogP contribution in [0, 0.1) is 5.41 Å². The third kappa shape index (κ3) is 3.16.